The van der Waals surface area contributed by atoms with E-state index in [0.29, 0.717) is 41.8 Å². The summed E-state index contributed by atoms with van der Waals surface area (Å²) in [5, 5.41) is 10.4. The molecule has 3 amide bonds. The van der Waals surface area contributed by atoms with Gasteiger partial charge in [-0.3, -0.25) is 14.8 Å². The third kappa shape index (κ3) is 6.57. The number of piperidine rings is 1. The number of aryl methyl sites for hydroxylation is 1. The zero-order valence-electron chi connectivity index (χ0n) is 21.6. The predicted octanol–water partition coefficient (Wildman–Crippen LogP) is 6.49. The first-order chi connectivity index (χ1) is 17.9. The van der Waals surface area contributed by atoms with E-state index in [0.717, 1.165) is 5.69 Å². The molecule has 2 aromatic carbocycles. The topological polar surface area (TPSA) is 88.5 Å². The number of urea groups is 1. The summed E-state index contributed by atoms with van der Waals surface area (Å²) >= 11 is 12.4. The van der Waals surface area contributed by atoms with Gasteiger partial charge < -0.3 is 15.0 Å². The van der Waals surface area contributed by atoms with E-state index in [2.05, 4.69) is 15.7 Å². The molecule has 0 spiro atoms. The summed E-state index contributed by atoms with van der Waals surface area (Å²) in [4.78, 5) is 27.2. The maximum atomic E-state index is 14.3. The number of anilines is 2. The molecule has 1 saturated heterocycles. The minimum absolute atomic E-state index is 0.173. The smallest absolute Gasteiger partial charge is 0.324 e. The van der Waals surface area contributed by atoms with Crippen molar-refractivity contribution in [2.75, 3.05) is 23.7 Å². The van der Waals surface area contributed by atoms with Crippen molar-refractivity contribution in [3.8, 4) is 5.75 Å². The van der Waals surface area contributed by atoms with Gasteiger partial charge >= 0.3 is 6.03 Å². The summed E-state index contributed by atoms with van der Waals surface area (Å²) in [6, 6.07) is 10.3. The minimum atomic E-state index is -0.547. The third-order valence-electron chi connectivity index (χ3n) is 6.23. The highest BCUT2D eigenvalue weighted by molar-refractivity contribution is 6.39. The Kier molecular flexibility index (Phi) is 8.18. The fourth-order valence-corrected chi connectivity index (χ4v) is 4.72. The molecule has 0 saturated carbocycles. The van der Waals surface area contributed by atoms with Crippen molar-refractivity contribution in [3.05, 3.63) is 69.6 Å². The van der Waals surface area contributed by atoms with E-state index in [4.69, 9.17) is 27.9 Å². The maximum absolute atomic E-state index is 14.3. The van der Waals surface area contributed by atoms with Crippen LogP contribution in [0.4, 0.5) is 20.7 Å². The van der Waals surface area contributed by atoms with E-state index >= 15 is 0 Å². The van der Waals surface area contributed by atoms with E-state index in [9.17, 15) is 14.0 Å². The van der Waals surface area contributed by atoms with Crippen molar-refractivity contribution in [2.24, 2.45) is 7.05 Å². The number of ether oxygens (including phenoxy) is 1. The molecule has 38 heavy (non-hydrogen) atoms. The number of nitrogens with one attached hydrogen (secondary N) is 2. The molecule has 11 heteroatoms. The van der Waals surface area contributed by atoms with Gasteiger partial charge in [-0.15, -0.1) is 0 Å². The molecule has 1 aromatic heterocycles. The number of nitrogens with zero attached hydrogens (tertiary/aromatic N) is 3. The van der Waals surface area contributed by atoms with Crippen molar-refractivity contribution in [1.29, 1.82) is 0 Å². The van der Waals surface area contributed by atoms with Gasteiger partial charge in [-0.2, -0.15) is 5.10 Å². The summed E-state index contributed by atoms with van der Waals surface area (Å²) in [6.07, 6.45) is 0.864. The van der Waals surface area contributed by atoms with Gasteiger partial charge in [0.1, 0.15) is 23.5 Å². The van der Waals surface area contributed by atoms with E-state index in [-0.39, 0.29) is 34.4 Å². The number of halogens is 3. The summed E-state index contributed by atoms with van der Waals surface area (Å²) in [6.45, 7) is 6.97. The van der Waals surface area contributed by atoms with Gasteiger partial charge in [0.2, 0.25) is 0 Å². The van der Waals surface area contributed by atoms with Crippen LogP contribution < -0.4 is 15.4 Å². The summed E-state index contributed by atoms with van der Waals surface area (Å²) in [5.41, 5.74) is 1.19. The zero-order chi connectivity index (χ0) is 27.6. The van der Waals surface area contributed by atoms with Crippen molar-refractivity contribution in [1.82, 2.24) is 14.7 Å². The second kappa shape index (κ2) is 11.2. The van der Waals surface area contributed by atoms with Crippen molar-refractivity contribution < 1.29 is 18.7 Å². The molecule has 0 atom stereocenters. The molecule has 2 N–H and O–H groups in total. The minimum Gasteiger partial charge on any atom is -0.490 e. The van der Waals surface area contributed by atoms with Gasteiger partial charge in [-0.25, -0.2) is 9.18 Å². The second-order valence-corrected chi connectivity index (χ2v) is 11.1. The number of hydrogen-bond donors (Lipinski definition) is 2. The molecule has 3 aromatic rings. The first-order valence-electron chi connectivity index (χ1n) is 12.2. The number of amides is 3. The third-order valence-corrected chi connectivity index (χ3v) is 6.86. The van der Waals surface area contributed by atoms with Gasteiger partial charge in [0, 0.05) is 62.3 Å². The van der Waals surface area contributed by atoms with E-state index in [1.54, 1.807) is 47.0 Å². The van der Waals surface area contributed by atoms with Crippen LogP contribution in [0.2, 0.25) is 10.0 Å². The largest absolute Gasteiger partial charge is 0.490 e. The first-order valence-corrected chi connectivity index (χ1v) is 13.0. The Morgan fingerprint density at radius 1 is 1.05 bits per heavy atom. The SMILES string of the molecule is Cn1nc(C(C)(C)C)cc1NC(=O)Nc1cc(F)cc(OC2CCN(C(=O)c3c(Cl)cccc3Cl)CC2)c1. The summed E-state index contributed by atoms with van der Waals surface area (Å²) in [7, 11) is 1.74. The highest BCUT2D eigenvalue weighted by Crippen LogP contribution is 2.29. The molecule has 1 fully saturated rings. The van der Waals surface area contributed by atoms with Gasteiger partial charge in [-0.05, 0) is 18.2 Å². The number of hydrogen-bond acceptors (Lipinski definition) is 4. The molecule has 0 radical (unpaired) electrons. The Balaban J connectivity index is 1.35. The number of carbonyl (C=O) groups excluding carboxylic acids is 2. The lowest BCUT2D eigenvalue weighted by molar-refractivity contribution is 0.0595. The van der Waals surface area contributed by atoms with Crippen LogP contribution in [0.25, 0.3) is 0 Å². The summed E-state index contributed by atoms with van der Waals surface area (Å²) in [5.74, 6) is 0.0223. The average Bonchev–Trinajstić information content (AvgIpc) is 3.19. The molecule has 4 rings (SSSR count). The van der Waals surface area contributed by atoms with Crippen molar-refractivity contribution in [2.45, 2.75) is 45.1 Å². The lowest BCUT2D eigenvalue weighted by atomic mass is 9.92. The number of aromatic nitrogens is 2. The number of likely N-dealkylation sites (tertiary alicyclic amines) is 1. The average molecular weight is 562 g/mol. The molecule has 8 nitrogen and oxygen atoms in total. The van der Waals surface area contributed by atoms with Crippen LogP contribution in [0.3, 0.4) is 0 Å². The lowest BCUT2D eigenvalue weighted by Gasteiger charge is -2.32. The first kappa shape index (κ1) is 27.7. The zero-order valence-corrected chi connectivity index (χ0v) is 23.2. The molecule has 2 heterocycles. The maximum Gasteiger partial charge on any atom is 0.324 e. The molecule has 1 aliphatic heterocycles. The normalized spacial score (nSPS) is 14.3. The fourth-order valence-electron chi connectivity index (χ4n) is 4.16. The van der Waals surface area contributed by atoms with Crippen LogP contribution in [0.5, 0.6) is 5.75 Å². The Hall–Kier alpha value is -3.30. The Bertz CT molecular complexity index is 1330. The van der Waals surface area contributed by atoms with E-state index < -0.39 is 11.8 Å². The van der Waals surface area contributed by atoms with Gasteiger partial charge in [0.25, 0.3) is 5.91 Å². The second-order valence-electron chi connectivity index (χ2n) is 10.2. The number of rotatable bonds is 5. The monoisotopic (exact) mass is 561 g/mol. The van der Waals surface area contributed by atoms with Crippen LogP contribution >= 0.6 is 23.2 Å². The quantitative estimate of drug-likeness (QED) is 0.372. The van der Waals surface area contributed by atoms with Crippen LogP contribution in [0.15, 0.2) is 42.5 Å². The molecule has 0 bridgehead atoms. The predicted molar refractivity (Wildman–Crippen MR) is 147 cm³/mol. The molecule has 202 valence electrons. The van der Waals surface area contributed by atoms with Gasteiger partial charge in [0.15, 0.2) is 0 Å². The Labute approximate surface area is 231 Å². The highest BCUT2D eigenvalue weighted by atomic mass is 35.5. The molecule has 1 aliphatic rings. The van der Waals surface area contributed by atoms with E-state index in [1.165, 1.54) is 12.1 Å². The van der Waals surface area contributed by atoms with Gasteiger partial charge in [0.05, 0.1) is 21.3 Å². The van der Waals surface area contributed by atoms with Crippen LogP contribution in [-0.4, -0.2) is 45.8 Å². The molecule has 0 unspecified atom stereocenters. The molecular formula is C27H30Cl2FN5O3. The Morgan fingerprint density at radius 3 is 2.32 bits per heavy atom. The highest BCUT2D eigenvalue weighted by Gasteiger charge is 2.27. The molecular weight excluding hydrogens is 532 g/mol. The fraction of sp³-hybridized carbons (Fsp3) is 0.370. The number of carbonyl (C=O) groups is 2. The van der Waals surface area contributed by atoms with Crippen molar-refractivity contribution >= 4 is 46.6 Å². The molecule has 0 aliphatic carbocycles. The van der Waals surface area contributed by atoms with Crippen molar-refractivity contribution in [3.63, 3.8) is 0 Å². The van der Waals surface area contributed by atoms with Crippen LogP contribution in [0, 0.1) is 5.82 Å². The lowest BCUT2D eigenvalue weighted by Crippen LogP contribution is -2.42. The summed E-state index contributed by atoms with van der Waals surface area (Å²) < 4.78 is 21.9. The van der Waals surface area contributed by atoms with Crippen LogP contribution in [0.1, 0.15) is 49.7 Å². The Morgan fingerprint density at radius 2 is 1.71 bits per heavy atom. The van der Waals surface area contributed by atoms with Gasteiger partial charge in [-0.1, -0.05) is 50.0 Å². The van der Waals surface area contributed by atoms with Crippen LogP contribution in [-0.2, 0) is 12.5 Å². The van der Waals surface area contributed by atoms with E-state index in [1.807, 2.05) is 20.8 Å². The standard InChI is InChI=1S/C27H30Cl2FN5O3/c1-27(2,3)22-15-23(34(4)33-22)32-26(37)31-17-12-16(30)13-19(14-17)38-18-8-10-35(11-9-18)25(36)24-20(28)6-5-7-21(24)29/h5-7,12-15,18H,8-11H2,1-4H3,(H2,31,32,37). The number of benzene rings is 2.